The Morgan fingerprint density at radius 1 is 1.35 bits per heavy atom. The van der Waals surface area contributed by atoms with Crippen LogP contribution in [0.1, 0.15) is 19.8 Å². The predicted octanol–water partition coefficient (Wildman–Crippen LogP) is -0.100. The van der Waals surface area contributed by atoms with Crippen LogP contribution in [0.2, 0.25) is 0 Å². The number of aliphatic hydroxyl groups excluding tert-OH is 1. The molecule has 0 aromatic heterocycles. The smallest absolute Gasteiger partial charge is 0.320 e. The number of urea groups is 1. The first-order chi connectivity index (χ1) is 9.35. The highest BCUT2D eigenvalue weighted by Gasteiger charge is 2.36. The largest absolute Gasteiger partial charge is 0.481 e. The highest BCUT2D eigenvalue weighted by Crippen LogP contribution is 2.20. The van der Waals surface area contributed by atoms with Gasteiger partial charge in [-0.25, -0.2) is 4.79 Å². The molecule has 1 fully saturated rings. The van der Waals surface area contributed by atoms with Gasteiger partial charge < -0.3 is 24.9 Å². The predicted molar refractivity (Wildman–Crippen MR) is 74.6 cm³/mol. The third-order valence-corrected chi connectivity index (χ3v) is 3.46. The number of nitrogens with zero attached hydrogens (tertiary/aromatic N) is 3. The molecule has 1 rings (SSSR count). The number of carboxylic acids is 1. The summed E-state index contributed by atoms with van der Waals surface area (Å²) < 4.78 is 0. The summed E-state index contributed by atoms with van der Waals surface area (Å²) in [5.41, 5.74) is 0. The van der Waals surface area contributed by atoms with Gasteiger partial charge in [0.15, 0.2) is 0 Å². The Kier molecular flexibility index (Phi) is 6.22. The van der Waals surface area contributed by atoms with Gasteiger partial charge >= 0.3 is 12.0 Å². The van der Waals surface area contributed by atoms with Crippen molar-refractivity contribution in [1.29, 1.82) is 0 Å². The highest BCUT2D eigenvalue weighted by atomic mass is 16.4. The van der Waals surface area contributed by atoms with Gasteiger partial charge in [0.05, 0.1) is 12.5 Å². The van der Waals surface area contributed by atoms with Gasteiger partial charge in [0.1, 0.15) is 0 Å². The number of hydrogen-bond acceptors (Lipinski definition) is 4. The molecule has 0 spiro atoms. The summed E-state index contributed by atoms with van der Waals surface area (Å²) in [5, 5.41) is 18.5. The molecular formula is C13H25N3O4. The summed E-state index contributed by atoms with van der Waals surface area (Å²) >= 11 is 0. The molecule has 7 nitrogen and oxygen atoms in total. The number of amides is 2. The number of carbonyl (C=O) groups excluding carboxylic acids is 1. The zero-order valence-corrected chi connectivity index (χ0v) is 12.4. The number of likely N-dealkylation sites (N-methyl/N-ethyl adjacent to an activating group) is 1. The molecule has 1 aliphatic rings. The first kappa shape index (κ1) is 16.7. The molecule has 7 heteroatoms. The van der Waals surface area contributed by atoms with E-state index in [0.717, 1.165) is 0 Å². The lowest BCUT2D eigenvalue weighted by Crippen LogP contribution is -2.48. The molecule has 0 aromatic rings. The van der Waals surface area contributed by atoms with E-state index in [0.29, 0.717) is 26.1 Å². The first-order valence-electron chi connectivity index (χ1n) is 6.95. The molecule has 20 heavy (non-hydrogen) atoms. The van der Waals surface area contributed by atoms with Crippen molar-refractivity contribution in [1.82, 2.24) is 14.7 Å². The normalized spacial score (nSPS) is 22.4. The van der Waals surface area contributed by atoms with Crippen molar-refractivity contribution in [3.63, 3.8) is 0 Å². The van der Waals surface area contributed by atoms with Crippen molar-refractivity contribution >= 4 is 12.0 Å². The van der Waals surface area contributed by atoms with E-state index in [1.165, 1.54) is 4.90 Å². The van der Waals surface area contributed by atoms with Crippen LogP contribution in [0, 0.1) is 0 Å². The van der Waals surface area contributed by atoms with Crippen LogP contribution in [0.25, 0.3) is 0 Å². The lowest BCUT2D eigenvalue weighted by atomic mass is 10.2. The monoisotopic (exact) mass is 287 g/mol. The van der Waals surface area contributed by atoms with Crippen LogP contribution in [-0.2, 0) is 4.79 Å². The molecule has 0 bridgehead atoms. The Morgan fingerprint density at radius 3 is 2.50 bits per heavy atom. The van der Waals surface area contributed by atoms with Crippen molar-refractivity contribution in [2.75, 3.05) is 40.3 Å². The minimum Gasteiger partial charge on any atom is -0.481 e. The summed E-state index contributed by atoms with van der Waals surface area (Å²) in [7, 11) is 3.85. The lowest BCUT2D eigenvalue weighted by Gasteiger charge is -2.32. The van der Waals surface area contributed by atoms with Crippen molar-refractivity contribution < 1.29 is 19.8 Å². The van der Waals surface area contributed by atoms with Gasteiger partial charge in [-0.1, -0.05) is 0 Å². The van der Waals surface area contributed by atoms with E-state index in [1.54, 1.807) is 4.90 Å². The van der Waals surface area contributed by atoms with Gasteiger partial charge in [-0.15, -0.1) is 0 Å². The first-order valence-corrected chi connectivity index (χ1v) is 6.95. The lowest BCUT2D eigenvalue weighted by molar-refractivity contribution is -0.137. The zero-order chi connectivity index (χ0) is 15.3. The Balaban J connectivity index is 2.68. The average Bonchev–Trinajstić information content (AvgIpc) is 2.69. The molecular weight excluding hydrogens is 262 g/mol. The summed E-state index contributed by atoms with van der Waals surface area (Å²) in [6.45, 7) is 3.51. The van der Waals surface area contributed by atoms with Gasteiger partial charge in [0.2, 0.25) is 0 Å². The molecule has 1 aliphatic heterocycles. The Bertz CT molecular complexity index is 349. The molecule has 2 atom stereocenters. The second kappa shape index (κ2) is 7.44. The summed E-state index contributed by atoms with van der Waals surface area (Å²) in [5.74, 6) is -0.914. The maximum Gasteiger partial charge on any atom is 0.320 e. The van der Waals surface area contributed by atoms with Crippen molar-refractivity contribution in [2.45, 2.75) is 31.9 Å². The maximum atomic E-state index is 12.5. The topological polar surface area (TPSA) is 84.3 Å². The quantitative estimate of drug-likeness (QED) is 0.712. The van der Waals surface area contributed by atoms with Gasteiger partial charge in [0, 0.05) is 32.2 Å². The number of aliphatic hydroxyl groups is 1. The van der Waals surface area contributed by atoms with Gasteiger partial charge in [-0.05, 0) is 27.4 Å². The highest BCUT2D eigenvalue weighted by molar-refractivity contribution is 5.76. The molecule has 2 unspecified atom stereocenters. The second-order valence-electron chi connectivity index (χ2n) is 5.46. The summed E-state index contributed by atoms with van der Waals surface area (Å²) in [4.78, 5) is 28.3. The van der Waals surface area contributed by atoms with Crippen molar-refractivity contribution in [3.8, 4) is 0 Å². The molecule has 1 saturated heterocycles. The van der Waals surface area contributed by atoms with Crippen LogP contribution in [0.3, 0.4) is 0 Å². The minimum absolute atomic E-state index is 0.0219. The summed E-state index contributed by atoms with van der Waals surface area (Å²) in [6, 6.07) is -0.205. The third kappa shape index (κ3) is 4.64. The number of aliphatic carboxylic acids is 1. The molecule has 2 amide bonds. The van der Waals surface area contributed by atoms with Crippen LogP contribution < -0.4 is 0 Å². The number of β-amino-alcohol motifs (C(OH)–C–C–N with tert-alkyl or cyclic N) is 1. The van der Waals surface area contributed by atoms with Crippen LogP contribution >= 0.6 is 0 Å². The van der Waals surface area contributed by atoms with E-state index in [4.69, 9.17) is 5.11 Å². The van der Waals surface area contributed by atoms with E-state index < -0.39 is 12.1 Å². The minimum atomic E-state index is -0.914. The Hall–Kier alpha value is -1.34. The molecule has 116 valence electrons. The zero-order valence-electron chi connectivity index (χ0n) is 12.4. The van der Waals surface area contributed by atoms with Crippen LogP contribution in [0.4, 0.5) is 4.79 Å². The fourth-order valence-corrected chi connectivity index (χ4v) is 2.52. The third-order valence-electron chi connectivity index (χ3n) is 3.46. The molecule has 1 heterocycles. The second-order valence-corrected chi connectivity index (χ2v) is 5.46. The molecule has 0 radical (unpaired) electrons. The number of carbonyl (C=O) groups is 2. The maximum absolute atomic E-state index is 12.5. The average molecular weight is 287 g/mol. The molecule has 2 N–H and O–H groups in total. The van der Waals surface area contributed by atoms with E-state index >= 15 is 0 Å². The molecule has 0 aliphatic carbocycles. The summed E-state index contributed by atoms with van der Waals surface area (Å²) in [6.07, 6.45) is 0.0106. The molecule has 0 aromatic carbocycles. The van der Waals surface area contributed by atoms with Gasteiger partial charge in [-0.2, -0.15) is 0 Å². The number of rotatable bonds is 6. The van der Waals surface area contributed by atoms with Gasteiger partial charge in [-0.3, -0.25) is 4.79 Å². The van der Waals surface area contributed by atoms with E-state index in [1.807, 2.05) is 25.9 Å². The van der Waals surface area contributed by atoms with E-state index in [2.05, 4.69) is 0 Å². The van der Waals surface area contributed by atoms with E-state index in [-0.39, 0.29) is 25.0 Å². The number of hydrogen-bond donors (Lipinski definition) is 2. The fourth-order valence-electron chi connectivity index (χ4n) is 2.52. The SMILES string of the molecule is CCN(CCC(=O)O)C(=O)N1CC(O)CC1CN(C)C. The van der Waals surface area contributed by atoms with Crippen LogP contribution in [-0.4, -0.2) is 89.3 Å². The van der Waals surface area contributed by atoms with Crippen LogP contribution in [0.5, 0.6) is 0 Å². The Labute approximate surface area is 119 Å². The van der Waals surface area contributed by atoms with Gasteiger partial charge in [0.25, 0.3) is 0 Å². The molecule has 0 saturated carbocycles. The standard InChI is InChI=1S/C13H25N3O4/c1-4-15(6-5-12(18)19)13(20)16-9-11(17)7-10(16)8-14(2)3/h10-11,17H,4-9H2,1-3H3,(H,18,19). The fraction of sp³-hybridized carbons (Fsp3) is 0.846. The Morgan fingerprint density at radius 2 is 2.00 bits per heavy atom. The number of carboxylic acid groups (broad SMARTS) is 1. The van der Waals surface area contributed by atoms with E-state index in [9.17, 15) is 14.7 Å². The van der Waals surface area contributed by atoms with Crippen molar-refractivity contribution in [2.24, 2.45) is 0 Å². The number of likely N-dealkylation sites (tertiary alicyclic amines) is 1. The van der Waals surface area contributed by atoms with Crippen LogP contribution in [0.15, 0.2) is 0 Å². The van der Waals surface area contributed by atoms with Crippen molar-refractivity contribution in [3.05, 3.63) is 0 Å².